The molecule has 1 aliphatic rings. The van der Waals surface area contributed by atoms with Crippen LogP contribution in [0.25, 0.3) is 17.3 Å². The molecule has 2 heterocycles. The Labute approximate surface area is 228 Å². The summed E-state index contributed by atoms with van der Waals surface area (Å²) in [5, 5.41) is 3.80. The molecule has 0 N–H and O–H groups in total. The number of ether oxygens (including phenoxy) is 2. The minimum atomic E-state index is -0.124. The smallest absolute Gasteiger partial charge is 0.266 e. The van der Waals surface area contributed by atoms with E-state index in [1.54, 1.807) is 19.1 Å². The van der Waals surface area contributed by atoms with E-state index in [2.05, 4.69) is 9.98 Å². The normalized spacial score (nSPS) is 15.5. The van der Waals surface area contributed by atoms with Crippen molar-refractivity contribution in [2.24, 2.45) is 4.99 Å². The van der Waals surface area contributed by atoms with E-state index >= 15 is 0 Å². The number of amidine groups is 1. The lowest BCUT2D eigenvalue weighted by atomic mass is 10.2. The first-order valence-electron chi connectivity index (χ1n) is 11.3. The molecule has 1 aromatic heterocycles. The third kappa shape index (κ3) is 5.72. The zero-order valence-electron chi connectivity index (χ0n) is 20.1. The SMILES string of the molecule is COc1cc(/C=C2\S/C(=N/c3nc(-c4ccccc4)cs3)N(C)C2=O)ccc1OCc1ccccc1Cl. The number of thiazole rings is 1. The van der Waals surface area contributed by atoms with Crippen molar-refractivity contribution in [2.45, 2.75) is 6.61 Å². The second kappa shape index (κ2) is 11.2. The number of benzene rings is 3. The van der Waals surface area contributed by atoms with Crippen LogP contribution in [-0.4, -0.2) is 35.1 Å². The van der Waals surface area contributed by atoms with Crippen molar-refractivity contribution in [3.63, 3.8) is 0 Å². The van der Waals surface area contributed by atoms with Gasteiger partial charge in [0.1, 0.15) is 6.61 Å². The fourth-order valence-electron chi connectivity index (χ4n) is 3.61. The summed E-state index contributed by atoms with van der Waals surface area (Å²) >= 11 is 8.99. The Hall–Kier alpha value is -3.59. The van der Waals surface area contributed by atoms with Gasteiger partial charge in [-0.05, 0) is 41.6 Å². The van der Waals surface area contributed by atoms with Gasteiger partial charge >= 0.3 is 0 Å². The van der Waals surface area contributed by atoms with E-state index < -0.39 is 0 Å². The molecule has 9 heteroatoms. The summed E-state index contributed by atoms with van der Waals surface area (Å²) in [4.78, 5) is 24.3. The summed E-state index contributed by atoms with van der Waals surface area (Å²) in [5.74, 6) is 1.03. The lowest BCUT2D eigenvalue weighted by Gasteiger charge is -2.12. The summed E-state index contributed by atoms with van der Waals surface area (Å²) in [6, 6.07) is 23.0. The lowest BCUT2D eigenvalue weighted by Crippen LogP contribution is -2.23. The highest BCUT2D eigenvalue weighted by atomic mass is 35.5. The Morgan fingerprint density at radius 2 is 1.84 bits per heavy atom. The van der Waals surface area contributed by atoms with E-state index in [9.17, 15) is 4.79 Å². The number of carbonyl (C=O) groups is 1. The number of halogens is 1. The Balaban J connectivity index is 1.32. The van der Waals surface area contributed by atoms with Crippen LogP contribution in [0.3, 0.4) is 0 Å². The molecule has 0 aliphatic carbocycles. The Morgan fingerprint density at radius 1 is 1.05 bits per heavy atom. The number of rotatable bonds is 7. The molecular weight excluding hydrogens is 526 g/mol. The third-order valence-electron chi connectivity index (χ3n) is 5.58. The van der Waals surface area contributed by atoms with Crippen LogP contribution in [0.2, 0.25) is 5.02 Å². The molecule has 3 aromatic carbocycles. The summed E-state index contributed by atoms with van der Waals surface area (Å²) in [7, 11) is 3.30. The van der Waals surface area contributed by atoms with Crippen molar-refractivity contribution < 1.29 is 14.3 Å². The lowest BCUT2D eigenvalue weighted by molar-refractivity contribution is -0.121. The van der Waals surface area contributed by atoms with Crippen molar-refractivity contribution in [3.05, 3.63) is 99.2 Å². The number of hydrogen-bond acceptors (Lipinski definition) is 7. The highest BCUT2D eigenvalue weighted by Gasteiger charge is 2.30. The predicted octanol–water partition coefficient (Wildman–Crippen LogP) is 7.28. The molecule has 6 nitrogen and oxygen atoms in total. The fourth-order valence-corrected chi connectivity index (χ4v) is 5.52. The first kappa shape index (κ1) is 25.1. The van der Waals surface area contributed by atoms with Crippen LogP contribution in [0.1, 0.15) is 11.1 Å². The van der Waals surface area contributed by atoms with E-state index in [0.29, 0.717) is 38.3 Å². The van der Waals surface area contributed by atoms with Crippen LogP contribution in [0.4, 0.5) is 5.13 Å². The second-order valence-electron chi connectivity index (χ2n) is 8.04. The third-order valence-corrected chi connectivity index (χ3v) is 7.75. The topological polar surface area (TPSA) is 64.0 Å². The molecule has 0 atom stereocenters. The number of nitrogens with zero attached hydrogens (tertiary/aromatic N) is 3. The molecule has 0 bridgehead atoms. The van der Waals surface area contributed by atoms with E-state index in [-0.39, 0.29) is 5.91 Å². The van der Waals surface area contributed by atoms with E-state index in [0.717, 1.165) is 22.4 Å². The number of thioether (sulfide) groups is 1. The Kier molecular flexibility index (Phi) is 7.60. The van der Waals surface area contributed by atoms with Gasteiger partial charge in [-0.1, -0.05) is 66.2 Å². The molecule has 37 heavy (non-hydrogen) atoms. The number of likely N-dealkylation sites (N-methyl/N-ethyl adjacent to an activating group) is 1. The Morgan fingerprint density at radius 3 is 2.62 bits per heavy atom. The van der Waals surface area contributed by atoms with Crippen molar-refractivity contribution in [3.8, 4) is 22.8 Å². The van der Waals surface area contributed by atoms with Gasteiger partial charge in [0, 0.05) is 28.6 Å². The molecule has 4 aromatic rings. The zero-order chi connectivity index (χ0) is 25.8. The fraction of sp³-hybridized carbons (Fsp3) is 0.107. The molecule has 0 saturated carbocycles. The maximum absolute atomic E-state index is 12.9. The average molecular weight is 548 g/mol. The molecule has 1 amide bonds. The van der Waals surface area contributed by atoms with E-state index in [4.69, 9.17) is 21.1 Å². The number of carbonyl (C=O) groups excluding carboxylic acids is 1. The first-order chi connectivity index (χ1) is 18.0. The van der Waals surface area contributed by atoms with Crippen molar-refractivity contribution in [1.29, 1.82) is 0 Å². The van der Waals surface area contributed by atoms with Crippen molar-refractivity contribution in [2.75, 3.05) is 14.2 Å². The van der Waals surface area contributed by atoms with Crippen LogP contribution in [0.15, 0.2) is 88.1 Å². The molecule has 0 unspecified atom stereocenters. The summed E-state index contributed by atoms with van der Waals surface area (Å²) in [6.45, 7) is 0.318. The van der Waals surface area contributed by atoms with E-state index in [1.807, 2.05) is 84.3 Å². The highest BCUT2D eigenvalue weighted by molar-refractivity contribution is 8.18. The van der Waals surface area contributed by atoms with Gasteiger partial charge < -0.3 is 9.47 Å². The number of aromatic nitrogens is 1. The molecule has 0 spiro atoms. The monoisotopic (exact) mass is 547 g/mol. The van der Waals surface area contributed by atoms with Crippen LogP contribution < -0.4 is 9.47 Å². The average Bonchev–Trinajstić information content (AvgIpc) is 3.50. The van der Waals surface area contributed by atoms with Crippen LogP contribution in [0.5, 0.6) is 11.5 Å². The molecule has 5 rings (SSSR count). The molecule has 1 fully saturated rings. The molecule has 186 valence electrons. The van der Waals surface area contributed by atoms with Gasteiger partial charge in [-0.25, -0.2) is 4.98 Å². The largest absolute Gasteiger partial charge is 0.493 e. The van der Waals surface area contributed by atoms with Crippen molar-refractivity contribution >= 4 is 57.0 Å². The second-order valence-corrected chi connectivity index (χ2v) is 10.3. The maximum Gasteiger partial charge on any atom is 0.266 e. The van der Waals surface area contributed by atoms with Gasteiger partial charge in [0.05, 0.1) is 17.7 Å². The highest BCUT2D eigenvalue weighted by Crippen LogP contribution is 2.36. The van der Waals surface area contributed by atoms with Gasteiger partial charge in [-0.15, -0.1) is 11.3 Å². The Bertz CT molecular complexity index is 1500. The van der Waals surface area contributed by atoms with Gasteiger partial charge in [-0.3, -0.25) is 9.69 Å². The molecule has 1 aliphatic heterocycles. The zero-order valence-corrected chi connectivity index (χ0v) is 22.4. The van der Waals surface area contributed by atoms with E-state index in [1.165, 1.54) is 23.1 Å². The standard InChI is InChI=1S/C28H22ClN3O3S2/c1-32-26(33)25(37-28(32)31-27-30-22(17-36-27)19-8-4-3-5-9-19)15-18-12-13-23(24(14-18)34-2)35-16-20-10-6-7-11-21(20)29/h3-15,17H,16H2,1-2H3/b25-15-,31-28+. The van der Waals surface area contributed by atoms with Crippen LogP contribution in [0, 0.1) is 0 Å². The van der Waals surface area contributed by atoms with Gasteiger partial charge in [-0.2, -0.15) is 4.99 Å². The quantitative estimate of drug-likeness (QED) is 0.227. The van der Waals surface area contributed by atoms with Gasteiger partial charge in [0.2, 0.25) is 5.13 Å². The first-order valence-corrected chi connectivity index (χ1v) is 13.4. The number of methoxy groups -OCH3 is 1. The number of aliphatic imine (C=N–C) groups is 1. The minimum absolute atomic E-state index is 0.124. The molecular formula is C28H22ClN3O3S2. The summed E-state index contributed by atoms with van der Waals surface area (Å²) in [6.07, 6.45) is 1.82. The van der Waals surface area contributed by atoms with Gasteiger partial charge in [0.15, 0.2) is 16.7 Å². The summed E-state index contributed by atoms with van der Waals surface area (Å²) < 4.78 is 11.5. The van der Waals surface area contributed by atoms with Gasteiger partial charge in [0.25, 0.3) is 5.91 Å². The minimum Gasteiger partial charge on any atom is -0.493 e. The van der Waals surface area contributed by atoms with Crippen LogP contribution >= 0.6 is 34.7 Å². The van der Waals surface area contributed by atoms with Crippen molar-refractivity contribution in [1.82, 2.24) is 9.88 Å². The molecule has 0 radical (unpaired) electrons. The number of amides is 1. The molecule has 1 saturated heterocycles. The maximum atomic E-state index is 12.9. The predicted molar refractivity (Wildman–Crippen MR) is 152 cm³/mol. The summed E-state index contributed by atoms with van der Waals surface area (Å²) in [5.41, 5.74) is 3.59. The number of hydrogen-bond donors (Lipinski definition) is 0. The van der Waals surface area contributed by atoms with Crippen LogP contribution in [-0.2, 0) is 11.4 Å².